The van der Waals surface area contributed by atoms with E-state index >= 15 is 0 Å². The molecule has 0 spiro atoms. The van der Waals surface area contributed by atoms with Crippen LogP contribution in [0.5, 0.6) is 11.5 Å². The van der Waals surface area contributed by atoms with Crippen molar-refractivity contribution in [1.29, 1.82) is 0 Å². The maximum Gasteiger partial charge on any atom is 0.325 e. The quantitative estimate of drug-likeness (QED) is 0.188. The second kappa shape index (κ2) is 13.7. The Kier molecular flexibility index (Phi) is 9.09. The summed E-state index contributed by atoms with van der Waals surface area (Å²) in [7, 11) is 3.13. The van der Waals surface area contributed by atoms with Crippen LogP contribution in [0.1, 0.15) is 48.0 Å². The number of benzene rings is 3. The minimum atomic E-state index is -0.783. The molecule has 47 heavy (non-hydrogen) atoms. The molecular formula is C35H36N8O4. The molecular weight excluding hydrogens is 596 g/mol. The standard InChI is InChI=1S/C35H36N8O4/c1-24-33(25(2)44)34(31-17-30(46-3)15-16-32(31)47-4)43(23-29-21-41(39-37-29)19-27-13-9-6-10-14-27)35(45)42(24)22-28-20-40(38-36-28)18-26-11-7-5-8-12-26/h5-17,20-21,34H,18-19,22-23H2,1-4H3. The van der Waals surface area contributed by atoms with Crippen molar-refractivity contribution in [3.8, 4) is 11.5 Å². The third-order valence-electron chi connectivity index (χ3n) is 8.17. The summed E-state index contributed by atoms with van der Waals surface area (Å²) in [5, 5.41) is 17.4. The van der Waals surface area contributed by atoms with E-state index in [2.05, 4.69) is 20.6 Å². The number of hydrogen-bond donors (Lipinski definition) is 0. The minimum absolute atomic E-state index is 0.0832. The van der Waals surface area contributed by atoms with E-state index in [1.807, 2.05) is 73.1 Å². The van der Waals surface area contributed by atoms with Gasteiger partial charge in [0, 0.05) is 16.8 Å². The highest BCUT2D eigenvalue weighted by Crippen LogP contribution is 2.43. The largest absolute Gasteiger partial charge is 0.497 e. The predicted molar refractivity (Wildman–Crippen MR) is 173 cm³/mol. The zero-order valence-electron chi connectivity index (χ0n) is 26.8. The van der Waals surface area contributed by atoms with E-state index in [0.717, 1.165) is 11.1 Å². The summed E-state index contributed by atoms with van der Waals surface area (Å²) in [5.41, 5.74) is 4.90. The Morgan fingerprint density at radius 3 is 1.87 bits per heavy atom. The first-order valence-electron chi connectivity index (χ1n) is 15.2. The predicted octanol–water partition coefficient (Wildman–Crippen LogP) is 5.03. The number of allylic oxidation sites excluding steroid dienone is 1. The summed E-state index contributed by atoms with van der Waals surface area (Å²) >= 11 is 0. The molecule has 0 radical (unpaired) electrons. The average molecular weight is 633 g/mol. The van der Waals surface area contributed by atoms with Crippen LogP contribution in [0.15, 0.2) is 103 Å². The molecule has 0 fully saturated rings. The van der Waals surface area contributed by atoms with E-state index in [-0.39, 0.29) is 24.9 Å². The Bertz CT molecular complexity index is 1900. The molecule has 5 aromatic rings. The molecule has 3 heterocycles. The van der Waals surface area contributed by atoms with E-state index in [0.29, 0.717) is 52.8 Å². The number of nitrogens with zero attached hydrogens (tertiary/aromatic N) is 8. The van der Waals surface area contributed by atoms with Crippen LogP contribution < -0.4 is 9.47 Å². The molecule has 6 rings (SSSR count). The highest BCUT2D eigenvalue weighted by molar-refractivity contribution is 5.98. The fraction of sp³-hybridized carbons (Fsp3) is 0.257. The van der Waals surface area contributed by atoms with Crippen molar-refractivity contribution in [3.63, 3.8) is 0 Å². The third kappa shape index (κ3) is 6.76. The summed E-state index contributed by atoms with van der Waals surface area (Å²) in [6, 6.07) is 24.1. The molecule has 2 aromatic heterocycles. The molecule has 12 nitrogen and oxygen atoms in total. The monoisotopic (exact) mass is 632 g/mol. The lowest BCUT2D eigenvalue weighted by molar-refractivity contribution is -0.114. The first-order chi connectivity index (χ1) is 22.8. The molecule has 0 aliphatic carbocycles. The fourth-order valence-electron chi connectivity index (χ4n) is 5.93. The third-order valence-corrected chi connectivity index (χ3v) is 8.17. The van der Waals surface area contributed by atoms with Crippen molar-refractivity contribution in [2.45, 2.75) is 46.1 Å². The first-order valence-corrected chi connectivity index (χ1v) is 15.2. The van der Waals surface area contributed by atoms with Crippen LogP contribution in [-0.4, -0.2) is 65.8 Å². The normalized spacial score (nSPS) is 14.9. The smallest absolute Gasteiger partial charge is 0.325 e. The second-order valence-electron chi connectivity index (χ2n) is 11.3. The van der Waals surface area contributed by atoms with Crippen molar-refractivity contribution in [3.05, 3.63) is 131 Å². The molecule has 0 saturated carbocycles. The highest BCUT2D eigenvalue weighted by Gasteiger charge is 2.42. The van der Waals surface area contributed by atoms with Gasteiger partial charge in [-0.05, 0) is 43.2 Å². The van der Waals surface area contributed by atoms with Crippen molar-refractivity contribution in [2.75, 3.05) is 14.2 Å². The summed E-state index contributed by atoms with van der Waals surface area (Å²) in [5.74, 6) is 0.908. The van der Waals surface area contributed by atoms with Gasteiger partial charge in [-0.15, -0.1) is 10.2 Å². The molecule has 0 N–H and O–H groups in total. The number of urea groups is 1. The topological polar surface area (TPSA) is 120 Å². The average Bonchev–Trinajstić information content (AvgIpc) is 3.73. The van der Waals surface area contributed by atoms with Crippen molar-refractivity contribution >= 4 is 11.8 Å². The van der Waals surface area contributed by atoms with Crippen LogP contribution in [0.25, 0.3) is 0 Å². The van der Waals surface area contributed by atoms with E-state index in [1.165, 1.54) is 6.92 Å². The number of rotatable bonds is 12. The van der Waals surface area contributed by atoms with E-state index in [1.54, 1.807) is 58.5 Å². The van der Waals surface area contributed by atoms with Gasteiger partial charge in [-0.1, -0.05) is 71.1 Å². The lowest BCUT2D eigenvalue weighted by Crippen LogP contribution is -2.49. The summed E-state index contributed by atoms with van der Waals surface area (Å²) in [4.78, 5) is 31.3. The van der Waals surface area contributed by atoms with E-state index < -0.39 is 6.04 Å². The van der Waals surface area contributed by atoms with Crippen molar-refractivity contribution < 1.29 is 19.1 Å². The Labute approximate surface area is 272 Å². The molecule has 1 unspecified atom stereocenters. The van der Waals surface area contributed by atoms with Gasteiger partial charge in [0.15, 0.2) is 5.78 Å². The number of hydrogen-bond acceptors (Lipinski definition) is 8. The van der Waals surface area contributed by atoms with Gasteiger partial charge in [-0.2, -0.15) is 0 Å². The molecule has 1 aliphatic heterocycles. The molecule has 3 aromatic carbocycles. The van der Waals surface area contributed by atoms with Gasteiger partial charge in [0.2, 0.25) is 0 Å². The zero-order chi connectivity index (χ0) is 32.9. The van der Waals surface area contributed by atoms with Gasteiger partial charge in [0.05, 0.1) is 58.8 Å². The number of carbonyl (C=O) groups is 2. The minimum Gasteiger partial charge on any atom is -0.497 e. The van der Waals surface area contributed by atoms with Gasteiger partial charge in [0.25, 0.3) is 0 Å². The zero-order valence-corrected chi connectivity index (χ0v) is 26.8. The molecule has 12 heteroatoms. The molecule has 2 amide bonds. The van der Waals surface area contributed by atoms with Gasteiger partial charge in [-0.25, -0.2) is 14.2 Å². The Morgan fingerprint density at radius 1 is 0.766 bits per heavy atom. The van der Waals surface area contributed by atoms with Crippen LogP contribution in [0.4, 0.5) is 4.79 Å². The number of aromatic nitrogens is 6. The Balaban J connectivity index is 1.38. The summed E-state index contributed by atoms with van der Waals surface area (Å²) in [6.07, 6.45) is 3.63. The number of carbonyl (C=O) groups excluding carboxylic acids is 2. The van der Waals surface area contributed by atoms with Crippen LogP contribution in [0, 0.1) is 0 Å². The number of amides is 2. The van der Waals surface area contributed by atoms with Crippen LogP contribution in [-0.2, 0) is 31.0 Å². The SMILES string of the molecule is COc1ccc(OC)c(C2C(C(C)=O)=C(C)N(Cc3cn(Cc4ccccc4)nn3)C(=O)N2Cc2cn(Cc3ccccc3)nn2)c1. The van der Waals surface area contributed by atoms with Gasteiger partial charge >= 0.3 is 6.03 Å². The van der Waals surface area contributed by atoms with Crippen LogP contribution >= 0.6 is 0 Å². The highest BCUT2D eigenvalue weighted by atomic mass is 16.5. The fourth-order valence-corrected chi connectivity index (χ4v) is 5.93. The number of ketones is 1. The lowest BCUT2D eigenvalue weighted by atomic mass is 9.89. The summed E-state index contributed by atoms with van der Waals surface area (Å²) in [6.45, 7) is 4.57. The second-order valence-corrected chi connectivity index (χ2v) is 11.3. The number of Topliss-reactive ketones (excluding diaryl/α,β-unsaturated/α-hetero) is 1. The molecule has 240 valence electrons. The molecule has 0 bridgehead atoms. The van der Waals surface area contributed by atoms with Gasteiger partial charge in [0.1, 0.15) is 22.9 Å². The molecule has 1 atom stereocenters. The van der Waals surface area contributed by atoms with E-state index in [4.69, 9.17) is 9.47 Å². The van der Waals surface area contributed by atoms with Crippen LogP contribution in [0.2, 0.25) is 0 Å². The van der Waals surface area contributed by atoms with Crippen molar-refractivity contribution in [2.24, 2.45) is 0 Å². The van der Waals surface area contributed by atoms with Crippen LogP contribution in [0.3, 0.4) is 0 Å². The molecule has 1 aliphatic rings. The number of methoxy groups -OCH3 is 2. The van der Waals surface area contributed by atoms with Gasteiger partial charge in [-0.3, -0.25) is 9.69 Å². The van der Waals surface area contributed by atoms with Crippen molar-refractivity contribution in [1.82, 2.24) is 39.8 Å². The Hall–Kier alpha value is -5.78. The maximum absolute atomic E-state index is 14.6. The molecule has 0 saturated heterocycles. The lowest BCUT2D eigenvalue weighted by Gasteiger charge is -2.43. The first kappa shape index (κ1) is 31.2. The van der Waals surface area contributed by atoms with E-state index in [9.17, 15) is 9.59 Å². The maximum atomic E-state index is 14.6. The number of ether oxygens (including phenoxy) is 2. The Morgan fingerprint density at radius 2 is 1.34 bits per heavy atom. The van der Waals surface area contributed by atoms with Gasteiger partial charge < -0.3 is 14.4 Å². The summed E-state index contributed by atoms with van der Waals surface area (Å²) < 4.78 is 14.8.